The molecule has 101 valence electrons. The summed E-state index contributed by atoms with van der Waals surface area (Å²) in [4.78, 5) is 3.33. The average molecular weight is 258 g/mol. The molecule has 0 aliphatic carbocycles. The van der Waals surface area contributed by atoms with E-state index < -0.39 is 11.2 Å². The van der Waals surface area contributed by atoms with E-state index in [9.17, 15) is 5.11 Å². The highest BCUT2D eigenvalue weighted by Gasteiger charge is 2.36. The zero-order valence-corrected chi connectivity index (χ0v) is 12.2. The van der Waals surface area contributed by atoms with Gasteiger partial charge in [-0.15, -0.1) is 0 Å². The van der Waals surface area contributed by atoms with Crippen LogP contribution in [0, 0.1) is 6.92 Å². The first kappa shape index (κ1) is 14.2. The van der Waals surface area contributed by atoms with Gasteiger partial charge in [0.05, 0.1) is 11.2 Å². The molecule has 0 amide bonds. The van der Waals surface area contributed by atoms with Crippen molar-refractivity contribution >= 4 is 24.0 Å². The summed E-state index contributed by atoms with van der Waals surface area (Å²) in [5.74, 6) is 0. The molecule has 0 unspecified atom stereocenters. The SMILES string of the molecule is Cc1c([B]OC(C)(C)C(C)(C)O)[nH]c2ccccc12. The first-order valence-corrected chi connectivity index (χ1v) is 6.53. The molecular formula is C15H21BNO2. The lowest BCUT2D eigenvalue weighted by Gasteiger charge is -2.37. The fourth-order valence-corrected chi connectivity index (χ4v) is 1.77. The van der Waals surface area contributed by atoms with Crippen LogP contribution in [0.25, 0.3) is 10.9 Å². The third-order valence-electron chi connectivity index (χ3n) is 3.95. The Morgan fingerprint density at radius 1 is 1.16 bits per heavy atom. The van der Waals surface area contributed by atoms with Crippen molar-refractivity contribution in [3.8, 4) is 0 Å². The van der Waals surface area contributed by atoms with Gasteiger partial charge >= 0.3 is 7.48 Å². The predicted molar refractivity (Wildman–Crippen MR) is 79.9 cm³/mol. The molecule has 3 nitrogen and oxygen atoms in total. The number of aromatic nitrogens is 1. The molecule has 1 radical (unpaired) electrons. The van der Waals surface area contributed by atoms with Gasteiger partial charge < -0.3 is 14.7 Å². The minimum absolute atomic E-state index is 0.656. The summed E-state index contributed by atoms with van der Waals surface area (Å²) in [6, 6.07) is 8.15. The monoisotopic (exact) mass is 258 g/mol. The van der Waals surface area contributed by atoms with E-state index in [2.05, 4.69) is 18.0 Å². The number of aromatic amines is 1. The third-order valence-corrected chi connectivity index (χ3v) is 3.95. The lowest BCUT2D eigenvalue weighted by atomic mass is 9.84. The zero-order valence-electron chi connectivity index (χ0n) is 12.2. The molecule has 0 atom stereocenters. The van der Waals surface area contributed by atoms with Crippen molar-refractivity contribution in [2.45, 2.75) is 45.8 Å². The predicted octanol–water partition coefficient (Wildman–Crippen LogP) is 2.29. The molecule has 0 aliphatic rings. The topological polar surface area (TPSA) is 45.2 Å². The summed E-state index contributed by atoms with van der Waals surface area (Å²) >= 11 is 0. The summed E-state index contributed by atoms with van der Waals surface area (Å²) in [5, 5.41) is 11.3. The minimum Gasteiger partial charge on any atom is -0.425 e. The van der Waals surface area contributed by atoms with Crippen LogP contribution in [0.2, 0.25) is 0 Å². The number of aryl methyl sites for hydroxylation is 1. The fraction of sp³-hybridized carbons (Fsp3) is 0.467. The van der Waals surface area contributed by atoms with Crippen LogP contribution in [-0.4, -0.2) is 28.8 Å². The minimum atomic E-state index is -0.913. The van der Waals surface area contributed by atoms with Gasteiger partial charge in [-0.2, -0.15) is 0 Å². The molecule has 0 spiro atoms. The van der Waals surface area contributed by atoms with Gasteiger partial charge in [-0.1, -0.05) is 18.2 Å². The number of fused-ring (bicyclic) bond motifs is 1. The van der Waals surface area contributed by atoms with Gasteiger partial charge in [0, 0.05) is 16.5 Å². The largest absolute Gasteiger partial charge is 0.425 e. The molecule has 1 heterocycles. The van der Waals surface area contributed by atoms with Crippen LogP contribution in [0.3, 0.4) is 0 Å². The maximum Gasteiger partial charge on any atom is 0.348 e. The second-order valence-electron chi connectivity index (χ2n) is 6.01. The standard InChI is InChI=1S/C15H21BNO2/c1-10-11-8-6-7-9-12(11)17-13(10)16-19-15(4,5)14(2,3)18/h6-9,17-18H,1-5H3. The molecule has 0 aliphatic heterocycles. The number of H-pyrrole nitrogens is 1. The van der Waals surface area contributed by atoms with E-state index in [1.165, 1.54) is 5.39 Å². The fourth-order valence-electron chi connectivity index (χ4n) is 1.77. The Morgan fingerprint density at radius 3 is 2.37 bits per heavy atom. The summed E-state index contributed by atoms with van der Waals surface area (Å²) in [6.45, 7) is 9.31. The highest BCUT2D eigenvalue weighted by atomic mass is 16.5. The third kappa shape index (κ3) is 2.70. The van der Waals surface area contributed by atoms with E-state index in [4.69, 9.17) is 4.65 Å². The second-order valence-corrected chi connectivity index (χ2v) is 6.01. The molecule has 2 rings (SSSR count). The van der Waals surface area contributed by atoms with Crippen LogP contribution >= 0.6 is 0 Å². The Labute approximate surface area is 115 Å². The Hall–Kier alpha value is -1.26. The maximum atomic E-state index is 10.1. The van der Waals surface area contributed by atoms with Crippen LogP contribution in [-0.2, 0) is 4.65 Å². The van der Waals surface area contributed by atoms with Gasteiger partial charge in [0.2, 0.25) is 0 Å². The number of hydrogen-bond acceptors (Lipinski definition) is 2. The summed E-state index contributed by atoms with van der Waals surface area (Å²) < 4.78 is 5.78. The molecule has 0 bridgehead atoms. The molecular weight excluding hydrogens is 237 g/mol. The molecule has 1 aromatic heterocycles. The van der Waals surface area contributed by atoms with Gasteiger partial charge in [0.15, 0.2) is 0 Å². The molecule has 19 heavy (non-hydrogen) atoms. The Balaban J connectivity index is 2.21. The van der Waals surface area contributed by atoms with Crippen molar-refractivity contribution in [3.05, 3.63) is 29.8 Å². The summed E-state index contributed by atoms with van der Waals surface area (Å²) in [7, 11) is 1.70. The summed E-state index contributed by atoms with van der Waals surface area (Å²) in [6.07, 6.45) is 0. The number of rotatable bonds is 4. The zero-order chi connectivity index (χ0) is 14.3. The molecule has 0 fully saturated rings. The van der Waals surface area contributed by atoms with Crippen molar-refractivity contribution in [1.82, 2.24) is 4.98 Å². The van der Waals surface area contributed by atoms with Crippen LogP contribution in [0.15, 0.2) is 24.3 Å². The smallest absolute Gasteiger partial charge is 0.348 e. The Morgan fingerprint density at radius 2 is 1.79 bits per heavy atom. The maximum absolute atomic E-state index is 10.1. The van der Waals surface area contributed by atoms with Gasteiger partial charge in [0.25, 0.3) is 0 Å². The van der Waals surface area contributed by atoms with E-state index in [1.807, 2.05) is 32.0 Å². The van der Waals surface area contributed by atoms with Gasteiger partial charge in [-0.05, 0) is 46.2 Å². The second kappa shape index (κ2) is 4.69. The number of para-hydroxylation sites is 1. The van der Waals surface area contributed by atoms with Crippen LogP contribution in [0.5, 0.6) is 0 Å². The van der Waals surface area contributed by atoms with Gasteiger partial charge in [-0.25, -0.2) is 0 Å². The van der Waals surface area contributed by atoms with Crippen molar-refractivity contribution < 1.29 is 9.76 Å². The lowest BCUT2D eigenvalue weighted by Crippen LogP contribution is -2.49. The van der Waals surface area contributed by atoms with Crippen molar-refractivity contribution in [2.75, 3.05) is 0 Å². The number of hydrogen-bond donors (Lipinski definition) is 2. The molecule has 0 saturated heterocycles. The van der Waals surface area contributed by atoms with E-state index in [-0.39, 0.29) is 0 Å². The van der Waals surface area contributed by atoms with Crippen LogP contribution in [0.1, 0.15) is 33.3 Å². The van der Waals surface area contributed by atoms with Crippen LogP contribution in [0.4, 0.5) is 0 Å². The summed E-state index contributed by atoms with van der Waals surface area (Å²) in [5.41, 5.74) is 1.62. The van der Waals surface area contributed by atoms with Crippen LogP contribution < -0.4 is 5.59 Å². The first-order valence-electron chi connectivity index (χ1n) is 6.53. The Bertz CT molecular complexity index is 581. The van der Waals surface area contributed by atoms with E-state index in [0.29, 0.717) is 0 Å². The lowest BCUT2D eigenvalue weighted by molar-refractivity contribution is -0.0893. The highest BCUT2D eigenvalue weighted by molar-refractivity contribution is 6.47. The molecule has 0 saturated carbocycles. The highest BCUT2D eigenvalue weighted by Crippen LogP contribution is 2.24. The Kier molecular flexibility index (Phi) is 3.50. The number of benzene rings is 1. The quantitative estimate of drug-likeness (QED) is 0.826. The normalized spacial score (nSPS) is 12.9. The van der Waals surface area contributed by atoms with Crippen molar-refractivity contribution in [2.24, 2.45) is 0 Å². The van der Waals surface area contributed by atoms with Crippen molar-refractivity contribution in [3.63, 3.8) is 0 Å². The molecule has 1 aromatic carbocycles. The molecule has 4 heteroatoms. The van der Waals surface area contributed by atoms with E-state index >= 15 is 0 Å². The van der Waals surface area contributed by atoms with Gasteiger partial charge in [-0.3, -0.25) is 0 Å². The van der Waals surface area contributed by atoms with E-state index in [1.54, 1.807) is 21.3 Å². The van der Waals surface area contributed by atoms with Crippen molar-refractivity contribution in [1.29, 1.82) is 0 Å². The molecule has 2 aromatic rings. The number of aliphatic hydroxyl groups is 1. The van der Waals surface area contributed by atoms with E-state index in [0.717, 1.165) is 16.7 Å². The van der Waals surface area contributed by atoms with Gasteiger partial charge in [0.1, 0.15) is 0 Å². The number of nitrogens with one attached hydrogen (secondary N) is 1. The molecule has 2 N–H and O–H groups in total. The average Bonchev–Trinajstić information content (AvgIpc) is 2.63. The first-order chi connectivity index (χ1) is 8.72.